The van der Waals surface area contributed by atoms with Crippen LogP contribution in [0.3, 0.4) is 0 Å². The van der Waals surface area contributed by atoms with Gasteiger partial charge in [-0.2, -0.15) is 0 Å². The summed E-state index contributed by atoms with van der Waals surface area (Å²) in [5, 5.41) is 5.06. The van der Waals surface area contributed by atoms with Crippen molar-refractivity contribution in [2.24, 2.45) is 0 Å². The first-order valence-corrected chi connectivity index (χ1v) is 9.98. The standard InChI is InChI=1S/C23H18F3N3O4/c24-16-4-3-13(8-17(16)25)12-29-6-1-2-15(23(29)32)22(31)27-5-7-33-20-9-14-10-21(30)28-19(14)11-18(20)26/h1-4,6,8-9,11H,5,7,10,12H2,(H,27,31)(H,28,30). The molecule has 0 radical (unpaired) electrons. The van der Waals surface area contributed by atoms with Crippen molar-refractivity contribution in [3.63, 3.8) is 0 Å². The fraction of sp³-hybridized carbons (Fsp3) is 0.174. The molecule has 2 N–H and O–H groups in total. The second kappa shape index (κ2) is 9.19. The largest absolute Gasteiger partial charge is 0.489 e. The van der Waals surface area contributed by atoms with Crippen molar-refractivity contribution in [2.45, 2.75) is 13.0 Å². The van der Waals surface area contributed by atoms with E-state index < -0.39 is 28.9 Å². The molecule has 10 heteroatoms. The van der Waals surface area contributed by atoms with E-state index >= 15 is 0 Å². The minimum atomic E-state index is -1.03. The summed E-state index contributed by atoms with van der Waals surface area (Å²) in [5.74, 6) is -3.61. The number of nitrogens with one attached hydrogen (secondary N) is 2. The van der Waals surface area contributed by atoms with Crippen LogP contribution in [0.4, 0.5) is 18.9 Å². The van der Waals surface area contributed by atoms with Gasteiger partial charge in [0.05, 0.1) is 19.5 Å². The number of carbonyl (C=O) groups is 2. The summed E-state index contributed by atoms with van der Waals surface area (Å²) in [6.07, 6.45) is 1.56. The molecule has 0 saturated carbocycles. The van der Waals surface area contributed by atoms with Crippen LogP contribution >= 0.6 is 0 Å². The van der Waals surface area contributed by atoms with Gasteiger partial charge in [0.15, 0.2) is 23.2 Å². The summed E-state index contributed by atoms with van der Waals surface area (Å²) in [7, 11) is 0. The number of rotatable bonds is 7. The number of pyridine rings is 1. The first-order chi connectivity index (χ1) is 15.8. The van der Waals surface area contributed by atoms with Gasteiger partial charge in [-0.1, -0.05) is 6.07 Å². The van der Waals surface area contributed by atoms with Crippen LogP contribution in [0, 0.1) is 17.5 Å². The molecule has 0 spiro atoms. The minimum Gasteiger partial charge on any atom is -0.489 e. The number of anilines is 1. The first-order valence-electron chi connectivity index (χ1n) is 9.98. The third-order valence-corrected chi connectivity index (χ3v) is 5.03. The van der Waals surface area contributed by atoms with Gasteiger partial charge in [-0.3, -0.25) is 14.4 Å². The van der Waals surface area contributed by atoms with Crippen molar-refractivity contribution in [3.8, 4) is 5.75 Å². The molecule has 7 nitrogen and oxygen atoms in total. The molecule has 170 valence electrons. The smallest absolute Gasteiger partial charge is 0.263 e. The molecule has 1 aliphatic rings. The van der Waals surface area contributed by atoms with Gasteiger partial charge in [0.1, 0.15) is 12.2 Å². The van der Waals surface area contributed by atoms with Gasteiger partial charge in [-0.05, 0) is 41.5 Å². The van der Waals surface area contributed by atoms with Crippen molar-refractivity contribution in [1.29, 1.82) is 0 Å². The second-order valence-electron chi connectivity index (χ2n) is 7.37. The van der Waals surface area contributed by atoms with Crippen molar-refractivity contribution >= 4 is 17.5 Å². The normalized spacial score (nSPS) is 12.3. The van der Waals surface area contributed by atoms with Crippen LogP contribution in [-0.2, 0) is 17.8 Å². The number of hydrogen-bond acceptors (Lipinski definition) is 4. The Hall–Kier alpha value is -4.08. The van der Waals surface area contributed by atoms with Gasteiger partial charge in [-0.25, -0.2) is 13.2 Å². The van der Waals surface area contributed by atoms with Crippen LogP contribution in [0.2, 0.25) is 0 Å². The van der Waals surface area contributed by atoms with E-state index in [0.29, 0.717) is 16.8 Å². The van der Waals surface area contributed by atoms with Gasteiger partial charge >= 0.3 is 0 Å². The van der Waals surface area contributed by atoms with E-state index in [4.69, 9.17) is 4.74 Å². The van der Waals surface area contributed by atoms with E-state index in [1.54, 1.807) is 0 Å². The third-order valence-electron chi connectivity index (χ3n) is 5.03. The molecule has 2 aromatic carbocycles. The predicted octanol–water partition coefficient (Wildman–Crippen LogP) is 2.62. The summed E-state index contributed by atoms with van der Waals surface area (Å²) < 4.78 is 47.2. The molecule has 0 atom stereocenters. The second-order valence-corrected chi connectivity index (χ2v) is 7.37. The minimum absolute atomic E-state index is 0.00987. The Morgan fingerprint density at radius 1 is 1.06 bits per heavy atom. The fourth-order valence-corrected chi connectivity index (χ4v) is 3.43. The zero-order valence-electron chi connectivity index (χ0n) is 17.2. The number of amides is 2. The number of ether oxygens (including phenoxy) is 1. The molecular formula is C23H18F3N3O4. The Kier molecular flexibility index (Phi) is 6.16. The molecule has 4 rings (SSSR count). The van der Waals surface area contributed by atoms with E-state index in [1.165, 1.54) is 41.1 Å². The summed E-state index contributed by atoms with van der Waals surface area (Å²) in [5.41, 5.74) is 0.624. The summed E-state index contributed by atoms with van der Waals surface area (Å²) in [6.45, 7) is -0.127. The Morgan fingerprint density at radius 2 is 1.88 bits per heavy atom. The monoisotopic (exact) mass is 457 g/mol. The Balaban J connectivity index is 1.36. The zero-order chi connectivity index (χ0) is 23.5. The van der Waals surface area contributed by atoms with E-state index in [-0.39, 0.29) is 43.3 Å². The number of nitrogens with zero attached hydrogens (tertiary/aromatic N) is 1. The van der Waals surface area contributed by atoms with E-state index in [1.807, 2.05) is 0 Å². The number of benzene rings is 2. The summed E-state index contributed by atoms with van der Waals surface area (Å²) in [6, 6.07) is 8.72. The maximum Gasteiger partial charge on any atom is 0.263 e. The average molecular weight is 457 g/mol. The summed E-state index contributed by atoms with van der Waals surface area (Å²) >= 11 is 0. The first kappa shape index (κ1) is 22.1. The Labute approximate surface area is 185 Å². The SMILES string of the molecule is O=C1Cc2cc(OCCNC(=O)c3cccn(Cc4ccc(F)c(F)c4)c3=O)c(F)cc2N1. The number of fused-ring (bicyclic) bond motifs is 1. The van der Waals surface area contributed by atoms with Crippen LogP contribution in [0.5, 0.6) is 5.75 Å². The van der Waals surface area contributed by atoms with E-state index in [2.05, 4.69) is 10.6 Å². The van der Waals surface area contributed by atoms with Gasteiger partial charge < -0.3 is 19.9 Å². The molecular weight excluding hydrogens is 439 g/mol. The Morgan fingerprint density at radius 3 is 2.67 bits per heavy atom. The molecule has 0 fully saturated rings. The topological polar surface area (TPSA) is 89.4 Å². The van der Waals surface area contributed by atoms with Crippen LogP contribution in [-0.4, -0.2) is 29.5 Å². The lowest BCUT2D eigenvalue weighted by atomic mass is 10.1. The quantitative estimate of drug-likeness (QED) is 0.534. The molecule has 0 bridgehead atoms. The highest BCUT2D eigenvalue weighted by Crippen LogP contribution is 2.30. The molecule has 1 aliphatic heterocycles. The predicted molar refractivity (Wildman–Crippen MR) is 113 cm³/mol. The third kappa shape index (κ3) is 4.89. The molecule has 3 aromatic rings. The zero-order valence-corrected chi connectivity index (χ0v) is 17.2. The van der Waals surface area contributed by atoms with Gasteiger partial charge in [-0.15, -0.1) is 0 Å². The van der Waals surface area contributed by atoms with Gasteiger partial charge in [0.25, 0.3) is 11.5 Å². The lowest BCUT2D eigenvalue weighted by molar-refractivity contribution is -0.115. The highest BCUT2D eigenvalue weighted by atomic mass is 19.2. The molecule has 0 saturated heterocycles. The molecule has 0 aliphatic carbocycles. The highest BCUT2D eigenvalue weighted by Gasteiger charge is 2.21. The van der Waals surface area contributed by atoms with E-state index in [9.17, 15) is 27.6 Å². The van der Waals surface area contributed by atoms with Gasteiger partial charge in [0.2, 0.25) is 5.91 Å². The van der Waals surface area contributed by atoms with Crippen molar-refractivity contribution in [2.75, 3.05) is 18.5 Å². The number of halogens is 3. The lowest BCUT2D eigenvalue weighted by Gasteiger charge is -2.11. The summed E-state index contributed by atoms with van der Waals surface area (Å²) in [4.78, 5) is 36.4. The van der Waals surface area contributed by atoms with Crippen molar-refractivity contribution in [3.05, 3.63) is 93.2 Å². The van der Waals surface area contributed by atoms with Crippen LogP contribution in [0.15, 0.2) is 53.5 Å². The van der Waals surface area contributed by atoms with Gasteiger partial charge in [0, 0.05) is 18.0 Å². The van der Waals surface area contributed by atoms with Crippen LogP contribution in [0.1, 0.15) is 21.5 Å². The molecule has 33 heavy (non-hydrogen) atoms. The number of hydrogen-bond donors (Lipinski definition) is 2. The number of carbonyl (C=O) groups excluding carboxylic acids is 2. The molecule has 2 heterocycles. The maximum absolute atomic E-state index is 14.1. The fourth-order valence-electron chi connectivity index (χ4n) is 3.43. The highest BCUT2D eigenvalue weighted by molar-refractivity contribution is 5.99. The molecule has 1 aromatic heterocycles. The molecule has 0 unspecified atom stereocenters. The van der Waals surface area contributed by atoms with Crippen LogP contribution in [0.25, 0.3) is 0 Å². The van der Waals surface area contributed by atoms with Crippen molar-refractivity contribution in [1.82, 2.24) is 9.88 Å². The lowest BCUT2D eigenvalue weighted by Crippen LogP contribution is -2.34. The maximum atomic E-state index is 14.1. The number of aromatic nitrogens is 1. The van der Waals surface area contributed by atoms with Crippen molar-refractivity contribution < 1.29 is 27.5 Å². The van der Waals surface area contributed by atoms with Crippen LogP contribution < -0.4 is 20.9 Å². The Bertz CT molecular complexity index is 1310. The molecule has 2 amide bonds. The van der Waals surface area contributed by atoms with E-state index in [0.717, 1.165) is 12.1 Å². The average Bonchev–Trinajstić information content (AvgIpc) is 3.13.